The van der Waals surface area contributed by atoms with Gasteiger partial charge in [0.2, 0.25) is 11.9 Å². The van der Waals surface area contributed by atoms with Crippen molar-refractivity contribution in [2.45, 2.75) is 26.6 Å². The van der Waals surface area contributed by atoms with Gasteiger partial charge in [0.25, 0.3) is 0 Å². The van der Waals surface area contributed by atoms with Gasteiger partial charge < -0.3 is 25.7 Å². The van der Waals surface area contributed by atoms with E-state index < -0.39 is 5.97 Å². The summed E-state index contributed by atoms with van der Waals surface area (Å²) in [6.07, 6.45) is -0.107. The Morgan fingerprint density at radius 1 is 1.20 bits per heavy atom. The highest BCUT2D eigenvalue weighted by Crippen LogP contribution is 2.37. The third-order valence-electron chi connectivity index (χ3n) is 2.87. The van der Waals surface area contributed by atoms with Gasteiger partial charge >= 0.3 is 5.97 Å². The Morgan fingerprint density at radius 2 is 1.84 bits per heavy atom. The molecule has 4 N–H and O–H groups in total. The van der Waals surface area contributed by atoms with Crippen LogP contribution in [-0.2, 0) is 11.3 Å². The summed E-state index contributed by atoms with van der Waals surface area (Å²) in [6, 6.07) is 2.91. The minimum atomic E-state index is -0.645. The van der Waals surface area contributed by atoms with Crippen LogP contribution in [0.1, 0.15) is 30.0 Å². The molecular formula is C15H18ClN5O4. The summed E-state index contributed by atoms with van der Waals surface area (Å²) in [5, 5.41) is 0.230. The summed E-state index contributed by atoms with van der Waals surface area (Å²) < 4.78 is 16.0. The van der Waals surface area contributed by atoms with Crippen molar-refractivity contribution in [3.63, 3.8) is 0 Å². The van der Waals surface area contributed by atoms with Gasteiger partial charge in [0, 0.05) is 0 Å². The molecule has 25 heavy (non-hydrogen) atoms. The number of carbonyl (C=O) groups is 1. The van der Waals surface area contributed by atoms with Crippen molar-refractivity contribution in [1.29, 1.82) is 0 Å². The number of aromatic nitrogens is 3. The molecule has 134 valence electrons. The van der Waals surface area contributed by atoms with Crippen molar-refractivity contribution >= 4 is 29.5 Å². The molecule has 1 heterocycles. The molecule has 10 heteroatoms. The second-order valence-corrected chi connectivity index (χ2v) is 5.61. The van der Waals surface area contributed by atoms with Crippen LogP contribution >= 0.6 is 11.6 Å². The number of hydrogen-bond acceptors (Lipinski definition) is 9. The summed E-state index contributed by atoms with van der Waals surface area (Å²) >= 11 is 6.18. The Balaban J connectivity index is 2.17. The number of methoxy groups -OCH3 is 1. The second kappa shape index (κ2) is 7.84. The SMILES string of the molecule is COc1cc(C(=O)OCc2nc(N)nc(N)n2)cc(Cl)c1OC(C)C. The minimum Gasteiger partial charge on any atom is -0.493 e. The van der Waals surface area contributed by atoms with Gasteiger partial charge in [-0.15, -0.1) is 0 Å². The largest absolute Gasteiger partial charge is 0.493 e. The van der Waals surface area contributed by atoms with Gasteiger partial charge in [-0.25, -0.2) is 4.79 Å². The van der Waals surface area contributed by atoms with Gasteiger partial charge in [0.15, 0.2) is 23.9 Å². The third kappa shape index (κ3) is 4.83. The maximum absolute atomic E-state index is 12.2. The van der Waals surface area contributed by atoms with Gasteiger partial charge in [-0.3, -0.25) is 0 Å². The quantitative estimate of drug-likeness (QED) is 0.732. The first-order valence-corrected chi connectivity index (χ1v) is 7.65. The van der Waals surface area contributed by atoms with Crippen LogP contribution in [0.5, 0.6) is 11.5 Å². The average Bonchev–Trinajstić information content (AvgIpc) is 2.53. The number of benzene rings is 1. The normalized spacial score (nSPS) is 10.6. The molecule has 9 nitrogen and oxygen atoms in total. The number of nitrogens with two attached hydrogens (primary N) is 2. The van der Waals surface area contributed by atoms with E-state index in [1.54, 1.807) is 0 Å². The summed E-state index contributed by atoms with van der Waals surface area (Å²) in [5.41, 5.74) is 11.1. The lowest BCUT2D eigenvalue weighted by Crippen LogP contribution is -2.12. The summed E-state index contributed by atoms with van der Waals surface area (Å²) in [7, 11) is 1.45. The Kier molecular flexibility index (Phi) is 5.81. The van der Waals surface area contributed by atoms with E-state index in [0.29, 0.717) is 11.5 Å². The molecule has 0 saturated heterocycles. The molecule has 1 aromatic carbocycles. The molecule has 2 aromatic rings. The van der Waals surface area contributed by atoms with Crippen LogP contribution in [0.3, 0.4) is 0 Å². The van der Waals surface area contributed by atoms with E-state index in [1.165, 1.54) is 19.2 Å². The van der Waals surface area contributed by atoms with Gasteiger partial charge in [0.05, 0.1) is 23.8 Å². The summed E-state index contributed by atoms with van der Waals surface area (Å²) in [6.45, 7) is 3.48. The Bertz CT molecular complexity index is 765. The number of carbonyl (C=O) groups excluding carboxylic acids is 1. The predicted octanol–water partition coefficient (Wildman–Crippen LogP) is 1.84. The third-order valence-corrected chi connectivity index (χ3v) is 3.15. The molecule has 1 aromatic heterocycles. The topological polar surface area (TPSA) is 135 Å². The summed E-state index contributed by atoms with van der Waals surface area (Å²) in [4.78, 5) is 23.5. The van der Waals surface area contributed by atoms with E-state index in [2.05, 4.69) is 15.0 Å². The van der Waals surface area contributed by atoms with Crippen LogP contribution < -0.4 is 20.9 Å². The van der Waals surface area contributed by atoms with Crippen LogP contribution in [-0.4, -0.2) is 34.1 Å². The van der Waals surface area contributed by atoms with Gasteiger partial charge in [-0.05, 0) is 26.0 Å². The van der Waals surface area contributed by atoms with Crippen molar-refractivity contribution in [2.75, 3.05) is 18.6 Å². The molecule has 0 aliphatic rings. The first-order valence-electron chi connectivity index (χ1n) is 7.27. The number of hydrogen-bond donors (Lipinski definition) is 2. The van der Waals surface area contributed by atoms with E-state index in [1.807, 2.05) is 13.8 Å². The Morgan fingerprint density at radius 3 is 2.40 bits per heavy atom. The number of anilines is 2. The van der Waals surface area contributed by atoms with E-state index in [9.17, 15) is 4.79 Å². The maximum atomic E-state index is 12.2. The van der Waals surface area contributed by atoms with Crippen LogP contribution in [0.15, 0.2) is 12.1 Å². The number of rotatable bonds is 6. The molecule has 0 radical (unpaired) electrons. The summed E-state index contributed by atoms with van der Waals surface area (Å²) in [5.74, 6) is 0.0532. The molecule has 0 bridgehead atoms. The predicted molar refractivity (Wildman–Crippen MR) is 91.5 cm³/mol. The minimum absolute atomic E-state index is 0.0570. The molecule has 0 saturated carbocycles. The first kappa shape index (κ1) is 18.5. The lowest BCUT2D eigenvalue weighted by molar-refractivity contribution is 0.0461. The fourth-order valence-electron chi connectivity index (χ4n) is 1.92. The maximum Gasteiger partial charge on any atom is 0.338 e. The number of esters is 1. The highest BCUT2D eigenvalue weighted by molar-refractivity contribution is 6.32. The van der Waals surface area contributed by atoms with E-state index in [-0.39, 0.29) is 41.0 Å². The first-order chi connectivity index (χ1) is 11.8. The zero-order chi connectivity index (χ0) is 18.6. The lowest BCUT2D eigenvalue weighted by atomic mass is 10.2. The van der Waals surface area contributed by atoms with Crippen molar-refractivity contribution in [2.24, 2.45) is 0 Å². The van der Waals surface area contributed by atoms with Gasteiger partial charge in [-0.2, -0.15) is 15.0 Å². The fourth-order valence-corrected chi connectivity index (χ4v) is 2.18. The molecule has 0 aliphatic heterocycles. The average molecular weight is 368 g/mol. The standard InChI is InChI=1S/C15H18ClN5O4/c1-7(2)25-12-9(16)4-8(5-10(12)23-3)13(22)24-6-11-19-14(17)21-15(18)20-11/h4-5,7H,6H2,1-3H3,(H4,17,18,19,20,21). The Hall–Kier alpha value is -2.81. The fraction of sp³-hybridized carbons (Fsp3) is 0.333. The number of nitrogen functional groups attached to an aromatic ring is 2. The smallest absolute Gasteiger partial charge is 0.338 e. The van der Waals surface area contributed by atoms with Gasteiger partial charge in [-0.1, -0.05) is 11.6 Å². The van der Waals surface area contributed by atoms with Crippen LogP contribution in [0.2, 0.25) is 5.02 Å². The van der Waals surface area contributed by atoms with E-state index >= 15 is 0 Å². The molecule has 0 unspecified atom stereocenters. The molecule has 0 atom stereocenters. The highest BCUT2D eigenvalue weighted by Gasteiger charge is 2.18. The number of nitrogens with zero attached hydrogens (tertiary/aromatic N) is 3. The molecule has 2 rings (SSSR count). The van der Waals surface area contributed by atoms with Gasteiger partial charge in [0.1, 0.15) is 0 Å². The van der Waals surface area contributed by atoms with Crippen LogP contribution in [0.4, 0.5) is 11.9 Å². The van der Waals surface area contributed by atoms with E-state index in [4.69, 9.17) is 37.3 Å². The molecule has 0 amide bonds. The van der Waals surface area contributed by atoms with Crippen LogP contribution in [0.25, 0.3) is 0 Å². The van der Waals surface area contributed by atoms with Crippen molar-refractivity contribution in [3.05, 3.63) is 28.5 Å². The zero-order valence-corrected chi connectivity index (χ0v) is 14.7. The van der Waals surface area contributed by atoms with E-state index in [0.717, 1.165) is 0 Å². The van der Waals surface area contributed by atoms with Crippen molar-refractivity contribution < 1.29 is 19.0 Å². The van der Waals surface area contributed by atoms with Crippen molar-refractivity contribution in [1.82, 2.24) is 15.0 Å². The highest BCUT2D eigenvalue weighted by atomic mass is 35.5. The number of ether oxygens (including phenoxy) is 3. The molecular weight excluding hydrogens is 350 g/mol. The second-order valence-electron chi connectivity index (χ2n) is 5.20. The number of halogens is 1. The van der Waals surface area contributed by atoms with Crippen molar-refractivity contribution in [3.8, 4) is 11.5 Å². The molecule has 0 aliphatic carbocycles. The molecule has 0 fully saturated rings. The zero-order valence-electron chi connectivity index (χ0n) is 13.9. The monoisotopic (exact) mass is 367 g/mol. The molecule has 0 spiro atoms. The lowest BCUT2D eigenvalue weighted by Gasteiger charge is -2.16. The Labute approximate surface area is 149 Å². The van der Waals surface area contributed by atoms with Crippen LogP contribution in [0, 0.1) is 0 Å².